The van der Waals surface area contributed by atoms with Crippen molar-refractivity contribution in [2.75, 3.05) is 13.2 Å². The summed E-state index contributed by atoms with van der Waals surface area (Å²) in [7, 11) is 0. The molecule has 1 rings (SSSR count). The van der Waals surface area contributed by atoms with Crippen LogP contribution in [0.15, 0.2) is 24.3 Å². The highest BCUT2D eigenvalue weighted by Crippen LogP contribution is 2.07. The smallest absolute Gasteiger partial charge is 0.310 e. The molecule has 0 amide bonds. The molecule has 0 saturated carbocycles. The predicted octanol–water partition coefficient (Wildman–Crippen LogP) is 2.58. The molecule has 0 fully saturated rings. The van der Waals surface area contributed by atoms with Crippen LogP contribution in [0.3, 0.4) is 0 Å². The van der Waals surface area contributed by atoms with Crippen molar-refractivity contribution < 1.29 is 14.3 Å². The third-order valence-electron chi connectivity index (χ3n) is 2.16. The van der Waals surface area contributed by atoms with E-state index in [9.17, 15) is 4.79 Å². The fourth-order valence-corrected chi connectivity index (χ4v) is 1.38. The standard InChI is InChI=1S/C13H17NO3.ClH/c1-3-16-12(15)9-10-5-7-11(8-6-10)13(14)17-4-2;/h5-8,14H,3-4,9H2,1-2H3;1H. The van der Waals surface area contributed by atoms with Crippen molar-refractivity contribution in [3.8, 4) is 0 Å². The van der Waals surface area contributed by atoms with Gasteiger partial charge in [-0.05, 0) is 31.5 Å². The molecule has 0 heterocycles. The molecule has 0 aliphatic rings. The molecule has 0 spiro atoms. The van der Waals surface area contributed by atoms with Gasteiger partial charge in [0.2, 0.25) is 5.90 Å². The number of carbonyl (C=O) groups excluding carboxylic acids is 1. The summed E-state index contributed by atoms with van der Waals surface area (Å²) in [4.78, 5) is 11.2. The van der Waals surface area contributed by atoms with Crippen LogP contribution in [0.4, 0.5) is 0 Å². The second-order valence-corrected chi connectivity index (χ2v) is 3.44. The van der Waals surface area contributed by atoms with Crippen molar-refractivity contribution in [1.29, 1.82) is 5.41 Å². The van der Waals surface area contributed by atoms with Gasteiger partial charge in [-0.3, -0.25) is 10.2 Å². The minimum atomic E-state index is -0.236. The van der Waals surface area contributed by atoms with Crippen LogP contribution >= 0.6 is 12.4 Å². The highest BCUT2D eigenvalue weighted by atomic mass is 35.5. The number of benzene rings is 1. The van der Waals surface area contributed by atoms with Crippen LogP contribution in [-0.4, -0.2) is 25.1 Å². The van der Waals surface area contributed by atoms with E-state index in [1.807, 2.05) is 6.92 Å². The summed E-state index contributed by atoms with van der Waals surface area (Å²) >= 11 is 0. The lowest BCUT2D eigenvalue weighted by Gasteiger charge is -2.06. The minimum Gasteiger partial charge on any atom is -0.478 e. The molecular weight excluding hydrogens is 254 g/mol. The summed E-state index contributed by atoms with van der Waals surface area (Å²) in [6.45, 7) is 4.49. The Morgan fingerprint density at radius 1 is 1.11 bits per heavy atom. The highest BCUT2D eigenvalue weighted by Gasteiger charge is 2.05. The van der Waals surface area contributed by atoms with Gasteiger partial charge in [-0.2, -0.15) is 0 Å². The van der Waals surface area contributed by atoms with E-state index in [2.05, 4.69) is 0 Å². The van der Waals surface area contributed by atoms with Gasteiger partial charge in [-0.1, -0.05) is 12.1 Å². The van der Waals surface area contributed by atoms with Crippen LogP contribution in [0.1, 0.15) is 25.0 Å². The maximum atomic E-state index is 11.2. The summed E-state index contributed by atoms with van der Waals surface area (Å²) in [6.07, 6.45) is 0.260. The Bertz CT molecular complexity index is 390. The predicted molar refractivity (Wildman–Crippen MR) is 72.5 cm³/mol. The van der Waals surface area contributed by atoms with Crippen molar-refractivity contribution in [3.63, 3.8) is 0 Å². The van der Waals surface area contributed by atoms with Gasteiger partial charge in [0.05, 0.1) is 19.6 Å². The minimum absolute atomic E-state index is 0. The third kappa shape index (κ3) is 5.19. The molecule has 0 bridgehead atoms. The lowest BCUT2D eigenvalue weighted by atomic mass is 10.1. The van der Waals surface area contributed by atoms with E-state index < -0.39 is 0 Å². The van der Waals surface area contributed by atoms with Crippen LogP contribution in [0.5, 0.6) is 0 Å². The second kappa shape index (κ2) is 8.53. The third-order valence-corrected chi connectivity index (χ3v) is 2.16. The molecule has 0 saturated heterocycles. The molecule has 0 aliphatic heterocycles. The molecule has 0 atom stereocenters. The van der Waals surface area contributed by atoms with Gasteiger partial charge in [0.1, 0.15) is 0 Å². The number of ether oxygens (including phenoxy) is 2. The molecule has 1 aromatic carbocycles. The van der Waals surface area contributed by atoms with Crippen molar-refractivity contribution >= 4 is 24.3 Å². The Hall–Kier alpha value is -1.55. The first-order valence-corrected chi connectivity index (χ1v) is 5.63. The highest BCUT2D eigenvalue weighted by molar-refractivity contribution is 5.91. The zero-order valence-corrected chi connectivity index (χ0v) is 11.4. The van der Waals surface area contributed by atoms with E-state index in [1.165, 1.54) is 0 Å². The van der Waals surface area contributed by atoms with Crippen LogP contribution in [-0.2, 0) is 20.7 Å². The number of carbonyl (C=O) groups is 1. The van der Waals surface area contributed by atoms with Crippen LogP contribution in [0.2, 0.25) is 0 Å². The van der Waals surface area contributed by atoms with E-state index in [0.717, 1.165) is 5.56 Å². The van der Waals surface area contributed by atoms with E-state index in [-0.39, 0.29) is 30.7 Å². The number of halogens is 1. The SMILES string of the molecule is CCOC(=N)c1ccc(CC(=O)OCC)cc1.Cl. The molecule has 0 aliphatic carbocycles. The Balaban J connectivity index is 0.00000289. The Kier molecular flexibility index (Phi) is 7.79. The number of nitrogens with one attached hydrogen (secondary N) is 1. The molecule has 1 aromatic rings. The number of esters is 1. The zero-order chi connectivity index (χ0) is 12.7. The van der Waals surface area contributed by atoms with Gasteiger partial charge < -0.3 is 9.47 Å². The largest absolute Gasteiger partial charge is 0.478 e. The van der Waals surface area contributed by atoms with E-state index in [4.69, 9.17) is 14.9 Å². The Labute approximate surface area is 113 Å². The quantitative estimate of drug-likeness (QED) is 0.509. The lowest BCUT2D eigenvalue weighted by molar-refractivity contribution is -0.142. The molecule has 18 heavy (non-hydrogen) atoms. The summed E-state index contributed by atoms with van der Waals surface area (Å²) in [6, 6.07) is 7.15. The van der Waals surface area contributed by atoms with Crippen LogP contribution in [0, 0.1) is 5.41 Å². The molecule has 5 heteroatoms. The Morgan fingerprint density at radius 3 is 2.17 bits per heavy atom. The fourth-order valence-electron chi connectivity index (χ4n) is 1.38. The van der Waals surface area contributed by atoms with Gasteiger partial charge in [0, 0.05) is 5.56 Å². The van der Waals surface area contributed by atoms with Gasteiger partial charge in [-0.25, -0.2) is 0 Å². The lowest BCUT2D eigenvalue weighted by Crippen LogP contribution is -2.08. The first-order valence-electron chi connectivity index (χ1n) is 5.63. The number of hydrogen-bond donors (Lipinski definition) is 1. The zero-order valence-electron chi connectivity index (χ0n) is 10.6. The van der Waals surface area contributed by atoms with Gasteiger partial charge in [0.25, 0.3) is 0 Å². The number of rotatable bonds is 5. The molecule has 0 aromatic heterocycles. The second-order valence-electron chi connectivity index (χ2n) is 3.44. The van der Waals surface area contributed by atoms with Crippen molar-refractivity contribution in [2.24, 2.45) is 0 Å². The molecule has 0 unspecified atom stereocenters. The van der Waals surface area contributed by atoms with E-state index in [1.54, 1.807) is 31.2 Å². The van der Waals surface area contributed by atoms with Gasteiger partial charge in [-0.15, -0.1) is 12.4 Å². The normalized spacial score (nSPS) is 9.22. The molecule has 100 valence electrons. The topological polar surface area (TPSA) is 59.4 Å². The molecular formula is C13H18ClNO3. The first kappa shape index (κ1) is 16.4. The molecule has 1 N–H and O–H groups in total. The van der Waals surface area contributed by atoms with E-state index in [0.29, 0.717) is 18.8 Å². The Morgan fingerprint density at radius 2 is 1.67 bits per heavy atom. The summed E-state index contributed by atoms with van der Waals surface area (Å²) in [5.74, 6) is -0.0877. The van der Waals surface area contributed by atoms with E-state index >= 15 is 0 Å². The fraction of sp³-hybridized carbons (Fsp3) is 0.385. The van der Waals surface area contributed by atoms with Gasteiger partial charge >= 0.3 is 5.97 Å². The van der Waals surface area contributed by atoms with Crippen LogP contribution in [0.25, 0.3) is 0 Å². The van der Waals surface area contributed by atoms with Crippen molar-refractivity contribution in [2.45, 2.75) is 20.3 Å². The molecule has 4 nitrogen and oxygen atoms in total. The van der Waals surface area contributed by atoms with Crippen molar-refractivity contribution in [1.82, 2.24) is 0 Å². The average Bonchev–Trinajstić information content (AvgIpc) is 2.30. The summed E-state index contributed by atoms with van der Waals surface area (Å²) in [5.41, 5.74) is 1.58. The maximum absolute atomic E-state index is 11.2. The van der Waals surface area contributed by atoms with Crippen LogP contribution < -0.4 is 0 Å². The average molecular weight is 272 g/mol. The summed E-state index contributed by atoms with van der Waals surface area (Å²) < 4.78 is 9.94. The van der Waals surface area contributed by atoms with Gasteiger partial charge in [0.15, 0.2) is 0 Å². The molecule has 0 radical (unpaired) electrons. The first-order chi connectivity index (χ1) is 8.17. The maximum Gasteiger partial charge on any atom is 0.310 e. The summed E-state index contributed by atoms with van der Waals surface area (Å²) in [5, 5.41) is 7.59. The number of hydrogen-bond acceptors (Lipinski definition) is 4. The van der Waals surface area contributed by atoms with Crippen molar-refractivity contribution in [3.05, 3.63) is 35.4 Å². The monoisotopic (exact) mass is 271 g/mol.